The Morgan fingerprint density at radius 3 is 2.62 bits per heavy atom. The SMILES string of the molecule is CCN1CC(=O)N(Cc2cccc(C(=O)NN)n2)CC1=O. The summed E-state index contributed by atoms with van der Waals surface area (Å²) in [5.41, 5.74) is 2.70. The van der Waals surface area contributed by atoms with Gasteiger partial charge in [-0.15, -0.1) is 0 Å². The maximum atomic E-state index is 12.0. The van der Waals surface area contributed by atoms with Gasteiger partial charge in [-0.1, -0.05) is 6.07 Å². The molecule has 2 rings (SSSR count). The largest absolute Gasteiger partial charge is 0.332 e. The molecule has 1 fully saturated rings. The summed E-state index contributed by atoms with van der Waals surface area (Å²) >= 11 is 0. The number of hydrazine groups is 1. The standard InChI is InChI=1S/C13H17N5O3/c1-2-17-7-12(20)18(8-11(17)19)6-9-4-3-5-10(15-9)13(21)16-14/h3-5H,2,6-8,14H2,1H3,(H,16,21). The highest BCUT2D eigenvalue weighted by Gasteiger charge is 2.29. The predicted molar refractivity (Wildman–Crippen MR) is 73.6 cm³/mol. The number of nitrogens with two attached hydrogens (primary N) is 1. The Bertz CT molecular complexity index is 575. The second-order valence-electron chi connectivity index (χ2n) is 4.65. The number of pyridine rings is 1. The third kappa shape index (κ3) is 3.34. The first-order chi connectivity index (χ1) is 10.0. The number of amides is 3. The number of aromatic nitrogens is 1. The number of carbonyl (C=O) groups is 3. The molecular formula is C13H17N5O3. The van der Waals surface area contributed by atoms with Crippen LogP contribution >= 0.6 is 0 Å². The molecule has 112 valence electrons. The maximum absolute atomic E-state index is 12.0. The molecule has 0 radical (unpaired) electrons. The van der Waals surface area contributed by atoms with E-state index in [1.165, 1.54) is 15.9 Å². The number of piperazine rings is 1. The first kappa shape index (κ1) is 14.9. The van der Waals surface area contributed by atoms with Crippen molar-refractivity contribution >= 4 is 17.7 Å². The number of rotatable bonds is 4. The third-order valence-corrected chi connectivity index (χ3v) is 3.26. The van der Waals surface area contributed by atoms with Gasteiger partial charge in [0.05, 0.1) is 18.8 Å². The minimum Gasteiger partial charge on any atom is -0.332 e. The van der Waals surface area contributed by atoms with Crippen molar-refractivity contribution in [1.29, 1.82) is 0 Å². The molecule has 3 amide bonds. The Kier molecular flexibility index (Phi) is 4.49. The molecule has 3 N–H and O–H groups in total. The van der Waals surface area contributed by atoms with Gasteiger partial charge in [-0.2, -0.15) is 0 Å². The lowest BCUT2D eigenvalue weighted by Gasteiger charge is -2.33. The van der Waals surface area contributed by atoms with Crippen LogP contribution in [-0.4, -0.2) is 52.1 Å². The van der Waals surface area contributed by atoms with E-state index in [2.05, 4.69) is 4.98 Å². The molecule has 1 aliphatic rings. The second kappa shape index (κ2) is 6.31. The normalized spacial score (nSPS) is 15.3. The van der Waals surface area contributed by atoms with Crippen molar-refractivity contribution in [2.45, 2.75) is 13.5 Å². The molecule has 1 aliphatic heterocycles. The van der Waals surface area contributed by atoms with Crippen LogP contribution in [0.1, 0.15) is 23.1 Å². The molecule has 0 aliphatic carbocycles. The Morgan fingerprint density at radius 2 is 1.95 bits per heavy atom. The van der Waals surface area contributed by atoms with E-state index < -0.39 is 5.91 Å². The van der Waals surface area contributed by atoms with Gasteiger partial charge in [0.25, 0.3) is 5.91 Å². The monoisotopic (exact) mass is 291 g/mol. The molecule has 1 saturated heterocycles. The van der Waals surface area contributed by atoms with Crippen molar-refractivity contribution < 1.29 is 14.4 Å². The molecule has 0 atom stereocenters. The van der Waals surface area contributed by atoms with E-state index in [1.54, 1.807) is 12.1 Å². The molecule has 0 saturated carbocycles. The molecule has 0 spiro atoms. The van der Waals surface area contributed by atoms with E-state index in [9.17, 15) is 14.4 Å². The summed E-state index contributed by atoms with van der Waals surface area (Å²) in [6.45, 7) is 2.65. The molecule has 0 aromatic carbocycles. The lowest BCUT2D eigenvalue weighted by Crippen LogP contribution is -2.53. The van der Waals surface area contributed by atoms with Crippen molar-refractivity contribution in [1.82, 2.24) is 20.2 Å². The van der Waals surface area contributed by atoms with Crippen LogP contribution < -0.4 is 11.3 Å². The van der Waals surface area contributed by atoms with E-state index in [0.717, 1.165) is 0 Å². The summed E-state index contributed by atoms with van der Waals surface area (Å²) in [7, 11) is 0. The quantitative estimate of drug-likeness (QED) is 0.415. The molecule has 2 heterocycles. The van der Waals surface area contributed by atoms with Gasteiger partial charge in [0.1, 0.15) is 12.2 Å². The fourth-order valence-electron chi connectivity index (χ4n) is 2.10. The molecule has 8 heteroatoms. The zero-order valence-corrected chi connectivity index (χ0v) is 11.7. The number of hydrogen-bond acceptors (Lipinski definition) is 5. The van der Waals surface area contributed by atoms with E-state index in [1.807, 2.05) is 12.3 Å². The molecule has 21 heavy (non-hydrogen) atoms. The summed E-state index contributed by atoms with van der Waals surface area (Å²) in [5, 5.41) is 0. The fourth-order valence-corrected chi connectivity index (χ4v) is 2.10. The Labute approximate surface area is 121 Å². The molecule has 1 aromatic rings. The van der Waals surface area contributed by atoms with Crippen LogP contribution in [0.25, 0.3) is 0 Å². The van der Waals surface area contributed by atoms with Crippen LogP contribution in [0.3, 0.4) is 0 Å². The minimum absolute atomic E-state index is 0.0294. The first-order valence-electron chi connectivity index (χ1n) is 6.57. The van der Waals surface area contributed by atoms with Crippen LogP contribution in [0.2, 0.25) is 0 Å². The number of nitrogens with one attached hydrogen (secondary N) is 1. The number of nitrogen functional groups attached to an aromatic ring is 1. The average molecular weight is 291 g/mol. The van der Waals surface area contributed by atoms with E-state index >= 15 is 0 Å². The molecule has 8 nitrogen and oxygen atoms in total. The van der Waals surface area contributed by atoms with Gasteiger partial charge in [0, 0.05) is 6.54 Å². The maximum Gasteiger partial charge on any atom is 0.283 e. The topological polar surface area (TPSA) is 109 Å². The van der Waals surface area contributed by atoms with Crippen molar-refractivity contribution in [3.8, 4) is 0 Å². The Hall–Kier alpha value is -2.48. The van der Waals surface area contributed by atoms with Crippen LogP contribution in [0.15, 0.2) is 18.2 Å². The van der Waals surface area contributed by atoms with Crippen molar-refractivity contribution in [3.63, 3.8) is 0 Å². The fraction of sp³-hybridized carbons (Fsp3) is 0.385. The van der Waals surface area contributed by atoms with Gasteiger partial charge < -0.3 is 9.80 Å². The summed E-state index contributed by atoms with van der Waals surface area (Å²) < 4.78 is 0. The van der Waals surface area contributed by atoms with E-state index in [4.69, 9.17) is 5.84 Å². The number of nitrogens with zero attached hydrogens (tertiary/aromatic N) is 3. The summed E-state index contributed by atoms with van der Waals surface area (Å²) in [5.74, 6) is 4.33. The van der Waals surface area contributed by atoms with E-state index in [-0.39, 0.29) is 37.1 Å². The summed E-state index contributed by atoms with van der Waals surface area (Å²) in [6.07, 6.45) is 0. The average Bonchev–Trinajstić information content (AvgIpc) is 2.50. The molecule has 1 aromatic heterocycles. The number of likely N-dealkylation sites (N-methyl/N-ethyl adjacent to an activating group) is 1. The lowest BCUT2D eigenvalue weighted by molar-refractivity contribution is -0.150. The lowest BCUT2D eigenvalue weighted by atomic mass is 10.2. The highest BCUT2D eigenvalue weighted by Crippen LogP contribution is 2.09. The third-order valence-electron chi connectivity index (χ3n) is 3.26. The second-order valence-corrected chi connectivity index (χ2v) is 4.65. The molecule has 0 bridgehead atoms. The van der Waals surface area contributed by atoms with Gasteiger partial charge >= 0.3 is 0 Å². The van der Waals surface area contributed by atoms with Gasteiger partial charge in [0.15, 0.2) is 0 Å². The highest BCUT2D eigenvalue weighted by molar-refractivity contribution is 5.93. The Morgan fingerprint density at radius 1 is 1.29 bits per heavy atom. The van der Waals surface area contributed by atoms with Gasteiger partial charge in [-0.25, -0.2) is 10.8 Å². The van der Waals surface area contributed by atoms with E-state index in [0.29, 0.717) is 12.2 Å². The number of hydrogen-bond donors (Lipinski definition) is 2. The zero-order valence-electron chi connectivity index (χ0n) is 11.7. The number of carbonyl (C=O) groups excluding carboxylic acids is 3. The van der Waals surface area contributed by atoms with Crippen LogP contribution in [-0.2, 0) is 16.1 Å². The smallest absolute Gasteiger partial charge is 0.283 e. The van der Waals surface area contributed by atoms with Gasteiger partial charge in [-0.05, 0) is 19.1 Å². The molecule has 0 unspecified atom stereocenters. The predicted octanol–water partition coefficient (Wildman–Crippen LogP) is -1.12. The Balaban J connectivity index is 2.10. The summed E-state index contributed by atoms with van der Waals surface area (Å²) in [4.78, 5) is 42.3. The van der Waals surface area contributed by atoms with Crippen LogP contribution in [0.4, 0.5) is 0 Å². The summed E-state index contributed by atoms with van der Waals surface area (Å²) in [6, 6.07) is 4.87. The minimum atomic E-state index is -0.505. The van der Waals surface area contributed by atoms with Crippen molar-refractivity contribution in [2.75, 3.05) is 19.6 Å². The van der Waals surface area contributed by atoms with Crippen molar-refractivity contribution in [3.05, 3.63) is 29.6 Å². The van der Waals surface area contributed by atoms with Crippen LogP contribution in [0.5, 0.6) is 0 Å². The van der Waals surface area contributed by atoms with Gasteiger partial charge in [0.2, 0.25) is 11.8 Å². The molecular weight excluding hydrogens is 274 g/mol. The zero-order chi connectivity index (χ0) is 15.4. The van der Waals surface area contributed by atoms with Crippen LogP contribution in [0, 0.1) is 0 Å². The highest BCUT2D eigenvalue weighted by atomic mass is 16.2. The first-order valence-corrected chi connectivity index (χ1v) is 6.57. The van der Waals surface area contributed by atoms with Crippen molar-refractivity contribution in [2.24, 2.45) is 5.84 Å². The van der Waals surface area contributed by atoms with Gasteiger partial charge in [-0.3, -0.25) is 19.8 Å².